The first-order chi connectivity index (χ1) is 12.1. The molecule has 126 valence electrons. The Morgan fingerprint density at radius 2 is 1.64 bits per heavy atom. The van der Waals surface area contributed by atoms with Crippen molar-refractivity contribution in [3.8, 4) is 0 Å². The van der Waals surface area contributed by atoms with Crippen LogP contribution < -0.4 is 0 Å². The summed E-state index contributed by atoms with van der Waals surface area (Å²) in [6.45, 7) is 1.56. The summed E-state index contributed by atoms with van der Waals surface area (Å²) in [5.41, 5.74) is 2.83. The smallest absolute Gasteiger partial charge is 0.169 e. The van der Waals surface area contributed by atoms with Crippen LogP contribution in [0.5, 0.6) is 0 Å². The van der Waals surface area contributed by atoms with Crippen LogP contribution >= 0.6 is 11.3 Å². The van der Waals surface area contributed by atoms with Gasteiger partial charge in [-0.2, -0.15) is 0 Å². The highest BCUT2D eigenvalue weighted by atomic mass is 32.1. The highest BCUT2D eigenvalue weighted by Gasteiger charge is 2.11. The van der Waals surface area contributed by atoms with Crippen molar-refractivity contribution < 1.29 is 9.59 Å². The second-order valence-corrected chi connectivity index (χ2v) is 7.26. The number of nitrogens with zero attached hydrogens (tertiary/aromatic N) is 1. The number of Topliss-reactive ketones (excluding diaryl/α,β-unsaturated/α-hetero) is 2. The Kier molecular flexibility index (Phi) is 5.51. The molecule has 4 heteroatoms. The molecule has 25 heavy (non-hydrogen) atoms. The lowest BCUT2D eigenvalue weighted by Gasteiger charge is -2.01. The van der Waals surface area contributed by atoms with Gasteiger partial charge in [0.1, 0.15) is 10.8 Å². The molecule has 0 N–H and O–H groups in total. The minimum Gasteiger partial charge on any atom is -0.300 e. The molecule has 0 saturated heterocycles. The first-order valence-electron chi connectivity index (χ1n) is 8.19. The van der Waals surface area contributed by atoms with Crippen molar-refractivity contribution in [3.05, 3.63) is 87.4 Å². The topological polar surface area (TPSA) is 47.0 Å². The zero-order valence-corrected chi connectivity index (χ0v) is 14.9. The van der Waals surface area contributed by atoms with E-state index in [9.17, 15) is 9.59 Å². The molecule has 0 aliphatic rings. The van der Waals surface area contributed by atoms with Gasteiger partial charge in [0.05, 0.1) is 6.42 Å². The maximum Gasteiger partial charge on any atom is 0.169 e. The number of thiazole rings is 1. The molecule has 1 heterocycles. The lowest BCUT2D eigenvalue weighted by atomic mass is 10.0. The summed E-state index contributed by atoms with van der Waals surface area (Å²) in [5, 5.41) is 0.837. The van der Waals surface area contributed by atoms with Crippen molar-refractivity contribution in [1.29, 1.82) is 0 Å². The number of hydrogen-bond donors (Lipinski definition) is 0. The van der Waals surface area contributed by atoms with E-state index in [4.69, 9.17) is 0 Å². The molecule has 3 rings (SSSR count). The summed E-state index contributed by atoms with van der Waals surface area (Å²) in [6, 6.07) is 17.5. The van der Waals surface area contributed by atoms with Crippen LogP contribution in [0.25, 0.3) is 0 Å². The van der Waals surface area contributed by atoms with E-state index < -0.39 is 0 Å². The van der Waals surface area contributed by atoms with Crippen LogP contribution in [-0.4, -0.2) is 16.6 Å². The van der Waals surface area contributed by atoms with Crippen LogP contribution in [0.2, 0.25) is 0 Å². The second kappa shape index (κ2) is 7.99. The summed E-state index contributed by atoms with van der Waals surface area (Å²) >= 11 is 1.59. The van der Waals surface area contributed by atoms with Gasteiger partial charge in [-0.25, -0.2) is 4.98 Å². The molecule has 3 aromatic rings. The van der Waals surface area contributed by atoms with Crippen LogP contribution in [0, 0.1) is 0 Å². The minimum atomic E-state index is 0.0509. The van der Waals surface area contributed by atoms with E-state index in [2.05, 4.69) is 17.1 Å². The lowest BCUT2D eigenvalue weighted by molar-refractivity contribution is -0.116. The van der Waals surface area contributed by atoms with Gasteiger partial charge in [0.2, 0.25) is 0 Å². The molecule has 0 amide bonds. The molecule has 3 nitrogen and oxygen atoms in total. The summed E-state index contributed by atoms with van der Waals surface area (Å²) in [4.78, 5) is 29.1. The van der Waals surface area contributed by atoms with Crippen LogP contribution in [-0.2, 0) is 24.1 Å². The molecule has 0 radical (unpaired) electrons. The van der Waals surface area contributed by atoms with Crippen LogP contribution in [0.4, 0.5) is 0 Å². The Hall–Kier alpha value is -2.59. The summed E-state index contributed by atoms with van der Waals surface area (Å²) in [7, 11) is 0. The Morgan fingerprint density at radius 1 is 0.920 bits per heavy atom. The highest BCUT2D eigenvalue weighted by Crippen LogP contribution is 2.19. The van der Waals surface area contributed by atoms with Gasteiger partial charge in [0, 0.05) is 29.5 Å². The molecule has 0 unspecified atom stereocenters. The number of hydrogen-bond acceptors (Lipinski definition) is 4. The normalized spacial score (nSPS) is 10.6. The third-order valence-electron chi connectivity index (χ3n) is 3.86. The zero-order valence-electron chi connectivity index (χ0n) is 14.1. The van der Waals surface area contributed by atoms with E-state index in [1.54, 1.807) is 30.4 Å². The maximum atomic E-state index is 12.4. The standard InChI is InChI=1S/C21H19NO2S/c1-15(23)11-17-7-9-18(10-8-17)20(24)13-21-22-14-19(25-21)12-16-5-3-2-4-6-16/h2-10,14H,11-13H2,1H3. The van der Waals surface area contributed by atoms with E-state index in [1.807, 2.05) is 36.5 Å². The highest BCUT2D eigenvalue weighted by molar-refractivity contribution is 7.11. The number of carbonyl (C=O) groups is 2. The van der Waals surface area contributed by atoms with Crippen molar-refractivity contribution in [2.45, 2.75) is 26.2 Å². The number of benzene rings is 2. The average Bonchev–Trinajstić information content (AvgIpc) is 3.02. The van der Waals surface area contributed by atoms with Crippen molar-refractivity contribution in [2.24, 2.45) is 0 Å². The largest absolute Gasteiger partial charge is 0.300 e. The first kappa shape index (κ1) is 17.2. The Morgan fingerprint density at radius 3 is 2.32 bits per heavy atom. The molecule has 0 aliphatic carbocycles. The van der Waals surface area contributed by atoms with Crippen LogP contribution in [0.15, 0.2) is 60.8 Å². The van der Waals surface area contributed by atoms with Gasteiger partial charge in [-0.05, 0) is 18.1 Å². The molecule has 0 saturated carbocycles. The summed E-state index contributed by atoms with van der Waals surface area (Å²) in [5.74, 6) is 0.169. The minimum absolute atomic E-state index is 0.0509. The quantitative estimate of drug-likeness (QED) is 0.598. The predicted octanol–water partition coefficient (Wildman–Crippen LogP) is 4.29. The molecular formula is C21H19NO2S. The number of carbonyl (C=O) groups excluding carboxylic acids is 2. The van der Waals surface area contributed by atoms with Crippen molar-refractivity contribution >= 4 is 22.9 Å². The summed E-state index contributed by atoms with van der Waals surface area (Å²) in [6.07, 6.45) is 3.41. The van der Waals surface area contributed by atoms with E-state index in [0.717, 1.165) is 21.9 Å². The number of ketones is 2. The molecule has 0 fully saturated rings. The molecule has 0 bridgehead atoms. The third kappa shape index (κ3) is 4.94. The van der Waals surface area contributed by atoms with E-state index >= 15 is 0 Å². The van der Waals surface area contributed by atoms with Gasteiger partial charge >= 0.3 is 0 Å². The lowest BCUT2D eigenvalue weighted by Crippen LogP contribution is -2.04. The van der Waals surface area contributed by atoms with Crippen molar-refractivity contribution in [2.75, 3.05) is 0 Å². The van der Waals surface area contributed by atoms with Gasteiger partial charge in [-0.15, -0.1) is 11.3 Å². The molecule has 0 atom stereocenters. The van der Waals surface area contributed by atoms with E-state index in [0.29, 0.717) is 18.4 Å². The van der Waals surface area contributed by atoms with Crippen molar-refractivity contribution in [3.63, 3.8) is 0 Å². The van der Waals surface area contributed by atoms with Crippen LogP contribution in [0.1, 0.15) is 38.3 Å². The fourth-order valence-electron chi connectivity index (χ4n) is 2.64. The van der Waals surface area contributed by atoms with E-state index in [1.165, 1.54) is 5.56 Å². The molecule has 0 spiro atoms. The Labute approximate surface area is 151 Å². The SMILES string of the molecule is CC(=O)Cc1ccc(C(=O)Cc2ncc(Cc3ccccc3)s2)cc1. The molecule has 0 aliphatic heterocycles. The Bertz CT molecular complexity index is 866. The Balaban J connectivity index is 1.62. The molecule has 2 aromatic carbocycles. The monoisotopic (exact) mass is 349 g/mol. The molecular weight excluding hydrogens is 330 g/mol. The molecule has 1 aromatic heterocycles. The van der Waals surface area contributed by atoms with Crippen molar-refractivity contribution in [1.82, 2.24) is 4.98 Å². The van der Waals surface area contributed by atoms with Gasteiger partial charge in [0.15, 0.2) is 5.78 Å². The fourth-order valence-corrected chi connectivity index (χ4v) is 3.60. The van der Waals surface area contributed by atoms with Gasteiger partial charge < -0.3 is 0 Å². The van der Waals surface area contributed by atoms with Crippen LogP contribution in [0.3, 0.4) is 0 Å². The van der Waals surface area contributed by atoms with Gasteiger partial charge in [0.25, 0.3) is 0 Å². The summed E-state index contributed by atoms with van der Waals surface area (Å²) < 4.78 is 0. The number of aromatic nitrogens is 1. The van der Waals surface area contributed by atoms with Gasteiger partial charge in [-0.1, -0.05) is 54.6 Å². The van der Waals surface area contributed by atoms with Gasteiger partial charge in [-0.3, -0.25) is 9.59 Å². The third-order valence-corrected chi connectivity index (χ3v) is 4.86. The second-order valence-electron chi connectivity index (χ2n) is 6.06. The fraction of sp³-hybridized carbons (Fsp3) is 0.190. The number of rotatable bonds is 7. The average molecular weight is 349 g/mol. The van der Waals surface area contributed by atoms with E-state index in [-0.39, 0.29) is 11.6 Å². The zero-order chi connectivity index (χ0) is 17.6. The maximum absolute atomic E-state index is 12.4. The first-order valence-corrected chi connectivity index (χ1v) is 9.01. The predicted molar refractivity (Wildman–Crippen MR) is 100 cm³/mol.